The number of carbonyl (C=O) groups is 1. The molecule has 2 aliphatic rings. The summed E-state index contributed by atoms with van der Waals surface area (Å²) in [4.78, 5) is 21.7. The van der Waals surface area contributed by atoms with Crippen molar-refractivity contribution in [2.45, 2.75) is 39.2 Å². The summed E-state index contributed by atoms with van der Waals surface area (Å²) >= 11 is 0. The van der Waals surface area contributed by atoms with Gasteiger partial charge in [0.15, 0.2) is 5.96 Å². The molecule has 2 aromatic rings. The number of fused-ring (bicyclic) bond motifs is 1. The van der Waals surface area contributed by atoms with Gasteiger partial charge in [-0.05, 0) is 62.4 Å². The highest BCUT2D eigenvalue weighted by molar-refractivity contribution is 14.0. The Morgan fingerprint density at radius 3 is 2.66 bits per heavy atom. The van der Waals surface area contributed by atoms with Crippen LogP contribution in [0, 0.1) is 0 Å². The lowest BCUT2D eigenvalue weighted by atomic mass is 10.1. The second kappa shape index (κ2) is 11.5. The smallest absolute Gasteiger partial charge is 0.248 e. The van der Waals surface area contributed by atoms with Crippen LogP contribution in [0.15, 0.2) is 53.5 Å². The summed E-state index contributed by atoms with van der Waals surface area (Å²) in [5, 5.41) is 6.74. The van der Waals surface area contributed by atoms with Crippen molar-refractivity contribution in [3.05, 3.63) is 59.7 Å². The first-order chi connectivity index (χ1) is 15.2. The third kappa shape index (κ3) is 5.74. The van der Waals surface area contributed by atoms with Gasteiger partial charge in [0, 0.05) is 37.6 Å². The molecule has 2 N–H and O–H groups in total. The predicted molar refractivity (Wildman–Crippen MR) is 143 cm³/mol. The summed E-state index contributed by atoms with van der Waals surface area (Å²) in [5.74, 6) is 0.702. The third-order valence-electron chi connectivity index (χ3n) is 6.10. The third-order valence-corrected chi connectivity index (χ3v) is 6.10. The topological polar surface area (TPSA) is 60.0 Å². The van der Waals surface area contributed by atoms with E-state index in [0.717, 1.165) is 38.3 Å². The average Bonchev–Trinajstić information content (AvgIpc) is 3.48. The van der Waals surface area contributed by atoms with Gasteiger partial charge in [0.05, 0.1) is 6.04 Å². The standard InChI is InChI=1S/C25H33N5O.HI/c1-3-26-25(27-18-24(31)30-16-13-20-9-4-5-12-23(20)30)28-19(2)21-10-8-11-22(17-21)29-14-6-7-15-29;/h4-5,8-12,17,19H,3,6-7,13-16,18H2,1-2H3,(H2,26,27,28);1H. The molecule has 7 heteroatoms. The van der Waals surface area contributed by atoms with Gasteiger partial charge in [-0.2, -0.15) is 0 Å². The molecule has 2 aromatic carbocycles. The zero-order valence-corrected chi connectivity index (χ0v) is 21.3. The number of nitrogens with zero attached hydrogens (tertiary/aromatic N) is 3. The molecule has 2 aliphatic heterocycles. The van der Waals surface area contributed by atoms with Crippen LogP contribution in [0.2, 0.25) is 0 Å². The molecule has 1 saturated heterocycles. The van der Waals surface area contributed by atoms with Crippen LogP contribution < -0.4 is 20.4 Å². The number of carbonyl (C=O) groups excluding carboxylic acids is 1. The van der Waals surface area contributed by atoms with E-state index in [1.54, 1.807) is 0 Å². The molecule has 1 fully saturated rings. The number of hydrogen-bond donors (Lipinski definition) is 2. The maximum Gasteiger partial charge on any atom is 0.248 e. The largest absolute Gasteiger partial charge is 0.372 e. The first kappa shape index (κ1) is 24.4. The molecule has 1 unspecified atom stereocenters. The zero-order chi connectivity index (χ0) is 21.6. The van der Waals surface area contributed by atoms with Crippen molar-refractivity contribution in [2.75, 3.05) is 42.5 Å². The van der Waals surface area contributed by atoms with E-state index in [1.807, 2.05) is 30.0 Å². The number of aliphatic imine (C=N–C) groups is 1. The highest BCUT2D eigenvalue weighted by Crippen LogP contribution is 2.27. The summed E-state index contributed by atoms with van der Waals surface area (Å²) in [7, 11) is 0. The molecule has 0 aromatic heterocycles. The number of nitrogens with one attached hydrogen (secondary N) is 2. The Kier molecular flexibility index (Phi) is 8.78. The lowest BCUT2D eigenvalue weighted by Gasteiger charge is -2.22. The molecule has 0 bridgehead atoms. The summed E-state index contributed by atoms with van der Waals surface area (Å²) in [6.07, 6.45) is 3.45. The van der Waals surface area contributed by atoms with Crippen LogP contribution in [0.4, 0.5) is 11.4 Å². The van der Waals surface area contributed by atoms with Crippen LogP contribution in [0.3, 0.4) is 0 Å². The summed E-state index contributed by atoms with van der Waals surface area (Å²) in [5.41, 5.74) is 4.76. The second-order valence-corrected chi connectivity index (χ2v) is 8.27. The number of guanidine groups is 1. The van der Waals surface area contributed by atoms with Crippen molar-refractivity contribution in [2.24, 2.45) is 4.99 Å². The highest BCUT2D eigenvalue weighted by atomic mass is 127. The molecule has 0 spiro atoms. The Balaban J connectivity index is 0.00000289. The van der Waals surface area contributed by atoms with Crippen molar-refractivity contribution in [3.8, 4) is 0 Å². The molecule has 0 aliphatic carbocycles. The van der Waals surface area contributed by atoms with E-state index in [4.69, 9.17) is 0 Å². The molecule has 0 radical (unpaired) electrons. The Hall–Kier alpha value is -2.29. The van der Waals surface area contributed by atoms with Gasteiger partial charge >= 0.3 is 0 Å². The number of anilines is 2. The number of hydrogen-bond acceptors (Lipinski definition) is 3. The van der Waals surface area contributed by atoms with Crippen LogP contribution >= 0.6 is 24.0 Å². The van der Waals surface area contributed by atoms with Crippen LogP contribution in [0.5, 0.6) is 0 Å². The fraction of sp³-hybridized carbons (Fsp3) is 0.440. The second-order valence-electron chi connectivity index (χ2n) is 8.27. The van der Waals surface area contributed by atoms with Crippen LogP contribution in [-0.4, -0.2) is 44.6 Å². The van der Waals surface area contributed by atoms with Crippen LogP contribution in [-0.2, 0) is 11.2 Å². The van der Waals surface area contributed by atoms with Crippen molar-refractivity contribution in [3.63, 3.8) is 0 Å². The zero-order valence-electron chi connectivity index (χ0n) is 19.0. The molecular weight excluding hydrogens is 513 g/mol. The van der Waals surface area contributed by atoms with Crippen molar-refractivity contribution < 1.29 is 4.79 Å². The number of amides is 1. The Labute approximate surface area is 208 Å². The van der Waals surface area contributed by atoms with E-state index in [9.17, 15) is 4.79 Å². The predicted octanol–water partition coefficient (Wildman–Crippen LogP) is 4.11. The van der Waals surface area contributed by atoms with E-state index >= 15 is 0 Å². The molecule has 2 heterocycles. The first-order valence-electron chi connectivity index (χ1n) is 11.4. The van der Waals surface area contributed by atoms with Crippen molar-refractivity contribution in [1.82, 2.24) is 10.6 Å². The van der Waals surface area contributed by atoms with E-state index < -0.39 is 0 Å². The van der Waals surface area contributed by atoms with Gasteiger partial charge in [0.2, 0.25) is 5.91 Å². The minimum absolute atomic E-state index is 0. The van der Waals surface area contributed by atoms with Crippen molar-refractivity contribution in [1.29, 1.82) is 0 Å². The number of benzene rings is 2. The van der Waals surface area contributed by atoms with Crippen molar-refractivity contribution >= 4 is 47.2 Å². The lowest BCUT2D eigenvalue weighted by Crippen LogP contribution is -2.40. The minimum Gasteiger partial charge on any atom is -0.372 e. The SMILES string of the molecule is CCNC(=NCC(=O)N1CCc2ccccc21)NC(C)c1cccc(N2CCCC2)c1.I. The number of halogens is 1. The van der Waals surface area contributed by atoms with Gasteiger partial charge in [-0.15, -0.1) is 24.0 Å². The molecule has 32 heavy (non-hydrogen) atoms. The van der Waals surface area contributed by atoms with E-state index in [-0.39, 0.29) is 42.5 Å². The summed E-state index contributed by atoms with van der Waals surface area (Å²) in [6, 6.07) is 16.9. The monoisotopic (exact) mass is 547 g/mol. The molecule has 1 atom stereocenters. The average molecular weight is 547 g/mol. The normalized spacial score (nSPS) is 16.4. The quantitative estimate of drug-likeness (QED) is 0.325. The Bertz CT molecular complexity index is 941. The highest BCUT2D eigenvalue weighted by Gasteiger charge is 2.23. The fourth-order valence-electron chi connectivity index (χ4n) is 4.40. The molecule has 6 nitrogen and oxygen atoms in total. The maximum atomic E-state index is 12.8. The number of rotatable bonds is 6. The molecule has 0 saturated carbocycles. The molecular formula is C25H34IN5O. The fourth-order valence-corrected chi connectivity index (χ4v) is 4.40. The van der Waals surface area contributed by atoms with Gasteiger partial charge in [-0.25, -0.2) is 4.99 Å². The van der Waals surface area contributed by atoms with Gasteiger partial charge in [-0.1, -0.05) is 30.3 Å². The van der Waals surface area contributed by atoms with E-state index in [2.05, 4.69) is 57.8 Å². The van der Waals surface area contributed by atoms with E-state index in [1.165, 1.54) is 29.7 Å². The maximum absolute atomic E-state index is 12.8. The summed E-state index contributed by atoms with van der Waals surface area (Å²) in [6.45, 7) is 8.05. The lowest BCUT2D eigenvalue weighted by molar-refractivity contribution is -0.117. The summed E-state index contributed by atoms with van der Waals surface area (Å²) < 4.78 is 0. The Morgan fingerprint density at radius 2 is 1.88 bits per heavy atom. The van der Waals surface area contributed by atoms with E-state index in [0.29, 0.717) is 5.96 Å². The molecule has 4 rings (SSSR count). The Morgan fingerprint density at radius 1 is 1.09 bits per heavy atom. The van der Waals surface area contributed by atoms with Gasteiger partial charge in [0.25, 0.3) is 0 Å². The molecule has 172 valence electrons. The molecule has 1 amide bonds. The van der Waals surface area contributed by atoms with Gasteiger partial charge in [0.1, 0.15) is 6.54 Å². The first-order valence-corrected chi connectivity index (χ1v) is 11.4. The van der Waals surface area contributed by atoms with Gasteiger partial charge in [-0.3, -0.25) is 4.79 Å². The van der Waals surface area contributed by atoms with Crippen LogP contribution in [0.25, 0.3) is 0 Å². The van der Waals surface area contributed by atoms with Gasteiger partial charge < -0.3 is 20.4 Å². The minimum atomic E-state index is 0. The number of para-hydroxylation sites is 1. The van der Waals surface area contributed by atoms with Crippen LogP contribution in [0.1, 0.15) is 43.9 Å².